The fourth-order valence-electron chi connectivity index (χ4n) is 3.02. The summed E-state index contributed by atoms with van der Waals surface area (Å²) in [6, 6.07) is 6.05. The van der Waals surface area contributed by atoms with Gasteiger partial charge in [0.05, 0.1) is 0 Å². The van der Waals surface area contributed by atoms with Crippen LogP contribution in [0.15, 0.2) is 29.4 Å². The summed E-state index contributed by atoms with van der Waals surface area (Å²) in [5, 5.41) is 3.46. The summed E-state index contributed by atoms with van der Waals surface area (Å²) in [6.45, 7) is 7.73. The smallest absolute Gasteiger partial charge is 0.193 e. The van der Waals surface area contributed by atoms with E-state index in [1.807, 2.05) is 25.4 Å². The lowest BCUT2D eigenvalue weighted by molar-refractivity contribution is 0.208. The number of aliphatic imine (C=N–C) groups is 1. The van der Waals surface area contributed by atoms with Crippen molar-refractivity contribution in [2.45, 2.75) is 26.7 Å². The van der Waals surface area contributed by atoms with E-state index in [4.69, 9.17) is 0 Å². The second-order valence-electron chi connectivity index (χ2n) is 5.90. The number of hydrogen-bond donors (Lipinski definition) is 1. The average Bonchev–Trinajstić information content (AvgIpc) is 2.43. The first-order valence-corrected chi connectivity index (χ1v) is 7.54. The van der Waals surface area contributed by atoms with Gasteiger partial charge in [0.2, 0.25) is 0 Å². The summed E-state index contributed by atoms with van der Waals surface area (Å²) < 4.78 is 0. The van der Waals surface area contributed by atoms with Gasteiger partial charge in [-0.05, 0) is 30.4 Å². The van der Waals surface area contributed by atoms with Crippen molar-refractivity contribution in [1.29, 1.82) is 0 Å². The molecule has 21 heavy (non-hydrogen) atoms. The van der Waals surface area contributed by atoms with Crippen LogP contribution < -0.4 is 5.32 Å². The van der Waals surface area contributed by atoms with E-state index in [1.165, 1.54) is 6.42 Å². The maximum atomic E-state index is 4.42. The van der Waals surface area contributed by atoms with E-state index in [0.717, 1.165) is 49.5 Å². The first-order valence-electron chi connectivity index (χ1n) is 7.54. The number of guanidine groups is 1. The molecular formula is C16H27IN4. The standard InChI is InChI=1S/C16H26N4.HI/c1-13-10-14(2)12-20(11-13)16(17-3)19-9-7-15-6-4-5-8-18-15;/h4-6,8,13-14H,7,9-12H2,1-3H3,(H,17,19);1H. The molecule has 2 atom stereocenters. The van der Waals surface area contributed by atoms with Crippen molar-refractivity contribution < 1.29 is 0 Å². The fraction of sp³-hybridized carbons (Fsp3) is 0.625. The average molecular weight is 402 g/mol. The van der Waals surface area contributed by atoms with Gasteiger partial charge in [-0.3, -0.25) is 9.98 Å². The number of nitrogens with one attached hydrogen (secondary N) is 1. The Morgan fingerprint density at radius 2 is 2.05 bits per heavy atom. The van der Waals surface area contributed by atoms with Crippen LogP contribution in [0.25, 0.3) is 0 Å². The van der Waals surface area contributed by atoms with Gasteiger partial charge in [-0.1, -0.05) is 19.9 Å². The number of pyridine rings is 1. The quantitative estimate of drug-likeness (QED) is 0.480. The summed E-state index contributed by atoms with van der Waals surface area (Å²) in [5.41, 5.74) is 1.12. The Labute approximate surface area is 145 Å². The molecule has 2 unspecified atom stereocenters. The van der Waals surface area contributed by atoms with Crippen molar-refractivity contribution in [3.63, 3.8) is 0 Å². The van der Waals surface area contributed by atoms with E-state index < -0.39 is 0 Å². The molecule has 1 aliphatic heterocycles. The highest BCUT2D eigenvalue weighted by atomic mass is 127. The maximum absolute atomic E-state index is 4.42. The van der Waals surface area contributed by atoms with E-state index in [2.05, 4.69) is 40.1 Å². The van der Waals surface area contributed by atoms with Gasteiger partial charge < -0.3 is 10.2 Å². The zero-order chi connectivity index (χ0) is 14.4. The number of halogens is 1. The second-order valence-corrected chi connectivity index (χ2v) is 5.90. The lowest BCUT2D eigenvalue weighted by Gasteiger charge is -2.37. The zero-order valence-corrected chi connectivity index (χ0v) is 15.6. The Hall–Kier alpha value is -0.850. The lowest BCUT2D eigenvalue weighted by atomic mass is 9.92. The molecule has 1 saturated heterocycles. The maximum Gasteiger partial charge on any atom is 0.193 e. The van der Waals surface area contributed by atoms with Gasteiger partial charge in [0, 0.05) is 45.0 Å². The predicted molar refractivity (Wildman–Crippen MR) is 99.2 cm³/mol. The molecule has 1 fully saturated rings. The van der Waals surface area contributed by atoms with Crippen LogP contribution in [0.3, 0.4) is 0 Å². The van der Waals surface area contributed by atoms with Crippen LogP contribution in [-0.2, 0) is 6.42 Å². The van der Waals surface area contributed by atoms with Crippen LogP contribution >= 0.6 is 24.0 Å². The van der Waals surface area contributed by atoms with Crippen molar-refractivity contribution in [2.24, 2.45) is 16.8 Å². The monoisotopic (exact) mass is 402 g/mol. The molecule has 2 heterocycles. The number of likely N-dealkylation sites (tertiary alicyclic amines) is 1. The minimum Gasteiger partial charge on any atom is -0.356 e. The Kier molecular flexibility index (Phi) is 8.00. The van der Waals surface area contributed by atoms with Crippen molar-refractivity contribution in [2.75, 3.05) is 26.7 Å². The molecule has 5 heteroatoms. The van der Waals surface area contributed by atoms with Crippen LogP contribution in [0.5, 0.6) is 0 Å². The number of rotatable bonds is 3. The van der Waals surface area contributed by atoms with Crippen molar-refractivity contribution in [3.8, 4) is 0 Å². The molecule has 0 spiro atoms. The Balaban J connectivity index is 0.00000220. The molecular weight excluding hydrogens is 375 g/mol. The topological polar surface area (TPSA) is 40.5 Å². The van der Waals surface area contributed by atoms with E-state index in [0.29, 0.717) is 0 Å². The van der Waals surface area contributed by atoms with Gasteiger partial charge in [0.1, 0.15) is 0 Å². The molecule has 4 nitrogen and oxygen atoms in total. The lowest BCUT2D eigenvalue weighted by Crippen LogP contribution is -2.48. The van der Waals surface area contributed by atoms with E-state index in [-0.39, 0.29) is 24.0 Å². The Bertz CT molecular complexity index is 425. The second kappa shape index (κ2) is 9.23. The molecule has 2 rings (SSSR count). The largest absolute Gasteiger partial charge is 0.356 e. The summed E-state index contributed by atoms with van der Waals surface area (Å²) in [7, 11) is 1.87. The van der Waals surface area contributed by atoms with Gasteiger partial charge >= 0.3 is 0 Å². The molecule has 0 radical (unpaired) electrons. The van der Waals surface area contributed by atoms with Crippen LogP contribution in [0.4, 0.5) is 0 Å². The highest BCUT2D eigenvalue weighted by Crippen LogP contribution is 2.20. The molecule has 0 bridgehead atoms. The SMILES string of the molecule is CN=C(NCCc1ccccn1)N1CC(C)CC(C)C1.I. The molecule has 118 valence electrons. The Morgan fingerprint density at radius 3 is 2.62 bits per heavy atom. The van der Waals surface area contributed by atoms with Crippen molar-refractivity contribution in [3.05, 3.63) is 30.1 Å². The molecule has 0 aliphatic carbocycles. The summed E-state index contributed by atoms with van der Waals surface area (Å²) in [4.78, 5) is 11.2. The molecule has 0 saturated carbocycles. The van der Waals surface area contributed by atoms with E-state index >= 15 is 0 Å². The van der Waals surface area contributed by atoms with Crippen molar-refractivity contribution >= 4 is 29.9 Å². The summed E-state index contributed by atoms with van der Waals surface area (Å²) >= 11 is 0. The minimum atomic E-state index is 0. The van der Waals surface area contributed by atoms with Gasteiger partial charge in [-0.2, -0.15) is 0 Å². The third kappa shape index (κ3) is 5.80. The van der Waals surface area contributed by atoms with Crippen LogP contribution in [0.2, 0.25) is 0 Å². The highest BCUT2D eigenvalue weighted by Gasteiger charge is 2.23. The van der Waals surface area contributed by atoms with Crippen LogP contribution in [-0.4, -0.2) is 42.5 Å². The first kappa shape index (κ1) is 18.2. The third-order valence-electron chi connectivity index (χ3n) is 3.77. The van der Waals surface area contributed by atoms with Crippen LogP contribution in [0.1, 0.15) is 26.0 Å². The van der Waals surface area contributed by atoms with Gasteiger partial charge in [0.25, 0.3) is 0 Å². The third-order valence-corrected chi connectivity index (χ3v) is 3.77. The number of nitrogens with zero attached hydrogens (tertiary/aromatic N) is 3. The first-order chi connectivity index (χ1) is 9.69. The summed E-state index contributed by atoms with van der Waals surface area (Å²) in [6.07, 6.45) is 4.10. The molecule has 0 amide bonds. The van der Waals surface area contributed by atoms with E-state index in [9.17, 15) is 0 Å². The number of piperidine rings is 1. The van der Waals surface area contributed by atoms with E-state index in [1.54, 1.807) is 0 Å². The highest BCUT2D eigenvalue weighted by molar-refractivity contribution is 14.0. The molecule has 1 aliphatic rings. The summed E-state index contributed by atoms with van der Waals surface area (Å²) in [5.74, 6) is 2.51. The van der Waals surface area contributed by atoms with Gasteiger partial charge in [0.15, 0.2) is 5.96 Å². The van der Waals surface area contributed by atoms with Gasteiger partial charge in [-0.15, -0.1) is 24.0 Å². The molecule has 1 aromatic heterocycles. The van der Waals surface area contributed by atoms with Crippen LogP contribution in [0, 0.1) is 11.8 Å². The predicted octanol–water partition coefficient (Wildman–Crippen LogP) is 2.80. The fourth-order valence-corrected chi connectivity index (χ4v) is 3.02. The Morgan fingerprint density at radius 1 is 1.33 bits per heavy atom. The normalized spacial score (nSPS) is 22.6. The zero-order valence-electron chi connectivity index (χ0n) is 13.2. The number of aromatic nitrogens is 1. The number of hydrogen-bond acceptors (Lipinski definition) is 2. The van der Waals surface area contributed by atoms with Crippen molar-refractivity contribution in [1.82, 2.24) is 15.2 Å². The molecule has 0 aromatic carbocycles. The van der Waals surface area contributed by atoms with Gasteiger partial charge in [-0.25, -0.2) is 0 Å². The minimum absolute atomic E-state index is 0. The molecule has 1 N–H and O–H groups in total. The molecule has 1 aromatic rings.